The van der Waals surface area contributed by atoms with Crippen LogP contribution in [0.4, 0.5) is 5.69 Å². The van der Waals surface area contributed by atoms with E-state index in [0.717, 1.165) is 37.0 Å². The summed E-state index contributed by atoms with van der Waals surface area (Å²) in [5, 5.41) is 5.52. The number of amides is 1. The van der Waals surface area contributed by atoms with Crippen molar-refractivity contribution < 1.29 is 4.79 Å². The van der Waals surface area contributed by atoms with Crippen LogP contribution in [0.5, 0.6) is 0 Å². The topological polar surface area (TPSA) is 66.9 Å². The van der Waals surface area contributed by atoms with Gasteiger partial charge in [-0.05, 0) is 56.3 Å². The highest BCUT2D eigenvalue weighted by Crippen LogP contribution is 2.60. The highest BCUT2D eigenvalue weighted by Gasteiger charge is 2.54. The van der Waals surface area contributed by atoms with Gasteiger partial charge in [0.1, 0.15) is 5.69 Å². The van der Waals surface area contributed by atoms with Crippen LogP contribution in [-0.2, 0) is 11.8 Å². The van der Waals surface area contributed by atoms with Gasteiger partial charge >= 0.3 is 0 Å². The summed E-state index contributed by atoms with van der Waals surface area (Å²) >= 11 is 0. The molecule has 5 rings (SSSR count). The van der Waals surface area contributed by atoms with Crippen molar-refractivity contribution in [2.24, 2.45) is 30.2 Å². The Bertz CT molecular complexity index is 578. The molecule has 4 aliphatic rings. The van der Waals surface area contributed by atoms with E-state index in [2.05, 4.69) is 10.4 Å². The first kappa shape index (κ1) is 12.2. The van der Waals surface area contributed by atoms with Crippen LogP contribution in [0.15, 0.2) is 11.0 Å². The molecule has 1 amide bonds. The van der Waals surface area contributed by atoms with Crippen LogP contribution >= 0.6 is 0 Å². The maximum Gasteiger partial charge on any atom is 0.287 e. The largest absolute Gasteiger partial charge is 0.320 e. The maximum absolute atomic E-state index is 12.8. The number of rotatable bonds is 2. The van der Waals surface area contributed by atoms with E-state index in [0.29, 0.717) is 5.69 Å². The van der Waals surface area contributed by atoms with Crippen molar-refractivity contribution in [1.82, 2.24) is 9.78 Å². The summed E-state index contributed by atoms with van der Waals surface area (Å²) in [7, 11) is 1.75. The second-order valence-electron chi connectivity index (χ2n) is 7.25. The molecule has 1 heterocycles. The Morgan fingerprint density at radius 3 is 2.25 bits per heavy atom. The number of nitrogens with zero attached hydrogens (tertiary/aromatic N) is 1. The molecule has 5 nitrogen and oxygen atoms in total. The van der Waals surface area contributed by atoms with Gasteiger partial charge in [0.15, 0.2) is 0 Å². The van der Waals surface area contributed by atoms with E-state index in [1.165, 1.54) is 19.3 Å². The molecule has 4 aliphatic carbocycles. The summed E-state index contributed by atoms with van der Waals surface area (Å²) in [6.07, 6.45) is 8.68. The Morgan fingerprint density at radius 2 is 1.80 bits per heavy atom. The van der Waals surface area contributed by atoms with E-state index in [1.54, 1.807) is 17.9 Å². The minimum Gasteiger partial charge on any atom is -0.320 e. The fourth-order valence-electron chi connectivity index (χ4n) is 5.24. The molecule has 0 saturated heterocycles. The molecule has 4 saturated carbocycles. The molecule has 20 heavy (non-hydrogen) atoms. The normalized spacial score (nSPS) is 38.1. The fourth-order valence-corrected chi connectivity index (χ4v) is 5.24. The summed E-state index contributed by atoms with van der Waals surface area (Å²) in [6, 6.07) is 0. The third-order valence-electron chi connectivity index (χ3n) is 5.61. The molecule has 1 aromatic rings. The third-order valence-corrected chi connectivity index (χ3v) is 5.61. The number of aromatic nitrogens is 2. The molecule has 1 aromatic heterocycles. The van der Waals surface area contributed by atoms with Crippen molar-refractivity contribution >= 4 is 11.6 Å². The van der Waals surface area contributed by atoms with E-state index in [4.69, 9.17) is 0 Å². The molecule has 4 fully saturated rings. The SMILES string of the molecule is Cn1cc(NC(=O)C23CC4CC(CC(C4)C2)C3)c(=O)[nH]1. The van der Waals surface area contributed by atoms with Gasteiger partial charge in [-0.1, -0.05) is 0 Å². The number of carbonyl (C=O) groups excluding carboxylic acids is 1. The molecule has 0 aromatic carbocycles. The molecule has 0 atom stereocenters. The lowest BCUT2D eigenvalue weighted by Crippen LogP contribution is -2.52. The summed E-state index contributed by atoms with van der Waals surface area (Å²) in [6.45, 7) is 0. The number of carbonyl (C=O) groups is 1. The van der Waals surface area contributed by atoms with Crippen LogP contribution in [0.1, 0.15) is 38.5 Å². The zero-order valence-corrected chi connectivity index (χ0v) is 11.8. The van der Waals surface area contributed by atoms with Crippen LogP contribution in [0.25, 0.3) is 0 Å². The van der Waals surface area contributed by atoms with E-state index < -0.39 is 0 Å². The minimum absolute atomic E-state index is 0.0771. The first-order valence-corrected chi connectivity index (χ1v) is 7.61. The van der Waals surface area contributed by atoms with E-state index in [9.17, 15) is 9.59 Å². The second kappa shape index (κ2) is 3.99. The quantitative estimate of drug-likeness (QED) is 0.865. The summed E-state index contributed by atoms with van der Waals surface area (Å²) in [5.74, 6) is 2.29. The Morgan fingerprint density at radius 1 is 1.25 bits per heavy atom. The zero-order valence-electron chi connectivity index (χ0n) is 11.8. The van der Waals surface area contributed by atoms with Crippen molar-refractivity contribution in [3.8, 4) is 0 Å². The third kappa shape index (κ3) is 1.75. The number of aryl methyl sites for hydroxylation is 1. The Hall–Kier alpha value is -1.52. The highest BCUT2D eigenvalue weighted by atomic mass is 16.2. The Kier molecular flexibility index (Phi) is 2.44. The van der Waals surface area contributed by atoms with Gasteiger partial charge < -0.3 is 5.32 Å². The van der Waals surface area contributed by atoms with E-state index in [-0.39, 0.29) is 16.9 Å². The van der Waals surface area contributed by atoms with Crippen LogP contribution in [0, 0.1) is 23.2 Å². The highest BCUT2D eigenvalue weighted by molar-refractivity contribution is 5.95. The number of nitrogens with one attached hydrogen (secondary N) is 2. The maximum atomic E-state index is 12.8. The number of aromatic amines is 1. The van der Waals surface area contributed by atoms with Crippen LogP contribution in [0.2, 0.25) is 0 Å². The fraction of sp³-hybridized carbons (Fsp3) is 0.733. The van der Waals surface area contributed by atoms with Crippen molar-refractivity contribution in [2.75, 3.05) is 5.32 Å². The van der Waals surface area contributed by atoms with Gasteiger partial charge in [0.25, 0.3) is 5.56 Å². The van der Waals surface area contributed by atoms with E-state index in [1.807, 2.05) is 0 Å². The molecule has 4 bridgehead atoms. The van der Waals surface area contributed by atoms with Gasteiger partial charge in [-0.3, -0.25) is 19.4 Å². The number of hydrogen-bond acceptors (Lipinski definition) is 2. The molecule has 0 unspecified atom stereocenters. The monoisotopic (exact) mass is 275 g/mol. The van der Waals surface area contributed by atoms with Gasteiger partial charge in [0.05, 0.1) is 11.6 Å². The van der Waals surface area contributed by atoms with Gasteiger partial charge in [0.2, 0.25) is 5.91 Å². The minimum atomic E-state index is -0.217. The summed E-state index contributed by atoms with van der Waals surface area (Å²) in [4.78, 5) is 24.5. The Labute approximate surface area is 117 Å². The second-order valence-corrected chi connectivity index (χ2v) is 7.25. The van der Waals surface area contributed by atoms with Crippen LogP contribution in [0.3, 0.4) is 0 Å². The van der Waals surface area contributed by atoms with Gasteiger partial charge in [-0.2, -0.15) is 0 Å². The number of H-pyrrole nitrogens is 1. The van der Waals surface area contributed by atoms with Crippen molar-refractivity contribution in [3.05, 3.63) is 16.6 Å². The molecule has 5 heteroatoms. The summed E-state index contributed by atoms with van der Waals surface area (Å²) < 4.78 is 1.58. The van der Waals surface area contributed by atoms with Crippen molar-refractivity contribution in [1.29, 1.82) is 0 Å². The molecule has 2 N–H and O–H groups in total. The molecule has 0 radical (unpaired) electrons. The summed E-state index contributed by atoms with van der Waals surface area (Å²) in [5.41, 5.74) is -0.0318. The molecule has 0 spiro atoms. The van der Waals surface area contributed by atoms with Crippen LogP contribution < -0.4 is 10.9 Å². The number of hydrogen-bond donors (Lipinski definition) is 2. The molecular weight excluding hydrogens is 254 g/mol. The van der Waals surface area contributed by atoms with Crippen molar-refractivity contribution in [3.63, 3.8) is 0 Å². The lowest BCUT2D eigenvalue weighted by molar-refractivity contribution is -0.140. The predicted octanol–water partition coefficient (Wildman–Crippen LogP) is 1.87. The smallest absolute Gasteiger partial charge is 0.287 e. The van der Waals surface area contributed by atoms with Gasteiger partial charge in [-0.25, -0.2) is 0 Å². The molecule has 0 aliphatic heterocycles. The molecule has 108 valence electrons. The lowest BCUT2D eigenvalue weighted by Gasteiger charge is -2.55. The van der Waals surface area contributed by atoms with Gasteiger partial charge in [0, 0.05) is 7.05 Å². The number of anilines is 1. The zero-order chi connectivity index (χ0) is 13.9. The average Bonchev–Trinajstić information content (AvgIpc) is 2.66. The lowest BCUT2D eigenvalue weighted by atomic mass is 9.49. The van der Waals surface area contributed by atoms with Crippen LogP contribution in [-0.4, -0.2) is 15.7 Å². The van der Waals surface area contributed by atoms with Gasteiger partial charge in [-0.15, -0.1) is 0 Å². The van der Waals surface area contributed by atoms with E-state index >= 15 is 0 Å². The first-order valence-electron chi connectivity index (χ1n) is 7.61. The van der Waals surface area contributed by atoms with Crippen molar-refractivity contribution in [2.45, 2.75) is 38.5 Å². The predicted molar refractivity (Wildman–Crippen MR) is 75.3 cm³/mol. The first-order chi connectivity index (χ1) is 9.54. The molecular formula is C15H21N3O2. The average molecular weight is 275 g/mol. The Balaban J connectivity index is 1.59. The standard InChI is InChI=1S/C15H21N3O2/c1-18-8-12(13(19)17-18)16-14(20)15-5-9-2-10(6-15)4-11(3-9)7-15/h8-11H,2-7H2,1H3,(H,16,20)(H,17,19).